The van der Waals surface area contributed by atoms with Crippen LogP contribution in [-0.2, 0) is 13.6 Å². The predicted octanol–water partition coefficient (Wildman–Crippen LogP) is 2.33. The van der Waals surface area contributed by atoms with Gasteiger partial charge in [-0.05, 0) is 19.0 Å². The van der Waals surface area contributed by atoms with Gasteiger partial charge in [-0.25, -0.2) is 0 Å². The van der Waals surface area contributed by atoms with Crippen molar-refractivity contribution >= 4 is 0 Å². The molecule has 0 aliphatic carbocycles. The summed E-state index contributed by atoms with van der Waals surface area (Å²) in [4.78, 5) is 2.31. The molecule has 0 fully saturated rings. The summed E-state index contributed by atoms with van der Waals surface area (Å²) < 4.78 is 1.83. The Balaban J connectivity index is 2.18. The van der Waals surface area contributed by atoms with E-state index < -0.39 is 0 Å². The molecule has 1 aromatic carbocycles. The van der Waals surface area contributed by atoms with Gasteiger partial charge >= 0.3 is 0 Å². The summed E-state index contributed by atoms with van der Waals surface area (Å²) in [5.74, 6) is 0. The Morgan fingerprint density at radius 1 is 1.30 bits per heavy atom. The molecule has 0 amide bonds. The minimum atomic E-state index is 0.105. The zero-order chi connectivity index (χ0) is 14.5. The Hall–Kier alpha value is -1.65. The highest BCUT2D eigenvalue weighted by atomic mass is 15.2. The lowest BCUT2D eigenvalue weighted by Gasteiger charge is -2.31. The number of rotatable bonds is 6. The van der Waals surface area contributed by atoms with E-state index in [1.165, 1.54) is 11.1 Å². The van der Waals surface area contributed by atoms with Crippen molar-refractivity contribution in [3.8, 4) is 0 Å². The van der Waals surface area contributed by atoms with Crippen LogP contribution >= 0.6 is 0 Å². The van der Waals surface area contributed by atoms with Crippen LogP contribution in [0, 0.1) is 0 Å². The van der Waals surface area contributed by atoms with Gasteiger partial charge in [0.15, 0.2) is 0 Å². The fourth-order valence-electron chi connectivity index (χ4n) is 2.61. The molecule has 0 bridgehead atoms. The zero-order valence-corrected chi connectivity index (χ0v) is 12.5. The highest BCUT2D eigenvalue weighted by molar-refractivity contribution is 5.17. The average Bonchev–Trinajstić information content (AvgIpc) is 2.86. The number of nitrogens with zero attached hydrogens (tertiary/aromatic N) is 3. The van der Waals surface area contributed by atoms with Gasteiger partial charge in [0.1, 0.15) is 0 Å². The fourth-order valence-corrected chi connectivity index (χ4v) is 2.61. The summed E-state index contributed by atoms with van der Waals surface area (Å²) in [7, 11) is 4.06. The average molecular weight is 272 g/mol. The molecule has 1 aromatic heterocycles. The van der Waals surface area contributed by atoms with E-state index in [2.05, 4.69) is 54.4 Å². The van der Waals surface area contributed by atoms with Crippen molar-refractivity contribution in [2.45, 2.75) is 32.0 Å². The van der Waals surface area contributed by atoms with Gasteiger partial charge in [0.25, 0.3) is 0 Å². The van der Waals surface area contributed by atoms with Crippen molar-refractivity contribution in [1.29, 1.82) is 0 Å². The van der Waals surface area contributed by atoms with Gasteiger partial charge in [-0.3, -0.25) is 9.58 Å². The van der Waals surface area contributed by atoms with Crippen LogP contribution in [0.15, 0.2) is 42.7 Å². The number of aromatic nitrogens is 2. The SMILES string of the molecule is CCC(N)C(c1cnn(C)c1)N(C)Cc1ccccc1. The Morgan fingerprint density at radius 2 is 2.00 bits per heavy atom. The number of benzene rings is 1. The van der Waals surface area contributed by atoms with Crippen molar-refractivity contribution in [3.63, 3.8) is 0 Å². The monoisotopic (exact) mass is 272 g/mol. The van der Waals surface area contributed by atoms with Crippen LogP contribution in [0.5, 0.6) is 0 Å². The lowest BCUT2D eigenvalue weighted by Crippen LogP contribution is -2.38. The molecule has 2 unspecified atom stereocenters. The molecule has 0 saturated heterocycles. The Labute approximate surface area is 121 Å². The van der Waals surface area contributed by atoms with Crippen LogP contribution < -0.4 is 5.73 Å². The van der Waals surface area contributed by atoms with E-state index in [-0.39, 0.29) is 12.1 Å². The first-order valence-corrected chi connectivity index (χ1v) is 7.10. The third-order valence-corrected chi connectivity index (χ3v) is 3.69. The van der Waals surface area contributed by atoms with Crippen LogP contribution in [0.3, 0.4) is 0 Å². The van der Waals surface area contributed by atoms with Gasteiger partial charge < -0.3 is 5.73 Å². The maximum Gasteiger partial charge on any atom is 0.0538 e. The summed E-state index contributed by atoms with van der Waals surface area (Å²) in [5.41, 5.74) is 8.81. The standard InChI is InChI=1S/C16H24N4/c1-4-15(17)16(14-10-18-20(3)12-14)19(2)11-13-8-6-5-7-9-13/h5-10,12,15-16H,4,11,17H2,1-3H3. The smallest absolute Gasteiger partial charge is 0.0538 e. The minimum absolute atomic E-state index is 0.105. The maximum atomic E-state index is 6.33. The quantitative estimate of drug-likeness (QED) is 0.878. The first kappa shape index (κ1) is 14.8. The second kappa shape index (κ2) is 6.68. The van der Waals surface area contributed by atoms with E-state index in [1.807, 2.05) is 24.0 Å². The number of nitrogens with two attached hydrogens (primary N) is 1. The third kappa shape index (κ3) is 3.46. The molecule has 0 radical (unpaired) electrons. The molecule has 1 heterocycles. The predicted molar refractivity (Wildman–Crippen MR) is 82.1 cm³/mol. The second-order valence-corrected chi connectivity index (χ2v) is 5.36. The first-order valence-electron chi connectivity index (χ1n) is 7.10. The van der Waals surface area contributed by atoms with Gasteiger partial charge in [-0.2, -0.15) is 5.10 Å². The molecule has 108 valence electrons. The largest absolute Gasteiger partial charge is 0.326 e. The van der Waals surface area contributed by atoms with E-state index in [4.69, 9.17) is 5.73 Å². The molecule has 0 aliphatic rings. The van der Waals surface area contributed by atoms with Crippen molar-refractivity contribution in [2.75, 3.05) is 7.05 Å². The summed E-state index contributed by atoms with van der Waals surface area (Å²) in [5, 5.41) is 4.28. The van der Waals surface area contributed by atoms with Crippen LogP contribution in [-0.4, -0.2) is 27.8 Å². The molecule has 0 aliphatic heterocycles. The van der Waals surface area contributed by atoms with Crippen molar-refractivity contribution in [3.05, 3.63) is 53.9 Å². The second-order valence-electron chi connectivity index (χ2n) is 5.36. The maximum absolute atomic E-state index is 6.33. The van der Waals surface area contributed by atoms with Crippen molar-refractivity contribution in [1.82, 2.24) is 14.7 Å². The summed E-state index contributed by atoms with van der Waals surface area (Å²) in [6, 6.07) is 10.8. The fraction of sp³-hybridized carbons (Fsp3) is 0.438. The van der Waals surface area contributed by atoms with Gasteiger partial charge in [0.05, 0.1) is 12.2 Å². The summed E-state index contributed by atoms with van der Waals surface area (Å²) in [6.07, 6.45) is 4.92. The highest BCUT2D eigenvalue weighted by Gasteiger charge is 2.24. The van der Waals surface area contributed by atoms with E-state index in [1.54, 1.807) is 0 Å². The van der Waals surface area contributed by atoms with E-state index in [0.717, 1.165) is 13.0 Å². The lowest BCUT2D eigenvalue weighted by atomic mass is 9.99. The molecule has 2 N–H and O–H groups in total. The van der Waals surface area contributed by atoms with Crippen LogP contribution in [0.1, 0.15) is 30.5 Å². The topological polar surface area (TPSA) is 47.1 Å². The Morgan fingerprint density at radius 3 is 2.55 bits per heavy atom. The molecule has 4 nitrogen and oxygen atoms in total. The van der Waals surface area contributed by atoms with Gasteiger partial charge in [0.2, 0.25) is 0 Å². The first-order chi connectivity index (χ1) is 9.61. The molecular formula is C16H24N4. The summed E-state index contributed by atoms with van der Waals surface area (Å²) >= 11 is 0. The van der Waals surface area contributed by atoms with Gasteiger partial charge in [-0.15, -0.1) is 0 Å². The Bertz CT molecular complexity index is 520. The van der Waals surface area contributed by atoms with Gasteiger partial charge in [0, 0.05) is 31.4 Å². The number of hydrogen-bond acceptors (Lipinski definition) is 3. The molecule has 0 saturated carbocycles. The normalized spacial score (nSPS) is 14.4. The minimum Gasteiger partial charge on any atom is -0.326 e. The van der Waals surface area contributed by atoms with E-state index in [9.17, 15) is 0 Å². The molecular weight excluding hydrogens is 248 g/mol. The molecule has 2 rings (SSSR count). The lowest BCUT2D eigenvalue weighted by molar-refractivity contribution is 0.201. The molecule has 4 heteroatoms. The van der Waals surface area contributed by atoms with E-state index >= 15 is 0 Å². The van der Waals surface area contributed by atoms with Crippen molar-refractivity contribution < 1.29 is 0 Å². The molecule has 2 aromatic rings. The van der Waals surface area contributed by atoms with E-state index in [0.29, 0.717) is 0 Å². The number of likely N-dealkylation sites (N-methyl/N-ethyl adjacent to an activating group) is 1. The zero-order valence-electron chi connectivity index (χ0n) is 12.5. The van der Waals surface area contributed by atoms with Crippen LogP contribution in [0.25, 0.3) is 0 Å². The molecule has 0 spiro atoms. The highest BCUT2D eigenvalue weighted by Crippen LogP contribution is 2.25. The van der Waals surface area contributed by atoms with Gasteiger partial charge in [-0.1, -0.05) is 37.3 Å². The van der Waals surface area contributed by atoms with Crippen LogP contribution in [0.2, 0.25) is 0 Å². The number of hydrogen-bond donors (Lipinski definition) is 1. The van der Waals surface area contributed by atoms with Crippen LogP contribution in [0.4, 0.5) is 0 Å². The summed E-state index contributed by atoms with van der Waals surface area (Å²) in [6.45, 7) is 3.01. The third-order valence-electron chi connectivity index (χ3n) is 3.69. The van der Waals surface area contributed by atoms with Crippen molar-refractivity contribution in [2.24, 2.45) is 12.8 Å². The molecule has 2 atom stereocenters. The molecule has 20 heavy (non-hydrogen) atoms. The number of aryl methyl sites for hydroxylation is 1. The Kier molecular flexibility index (Phi) is 4.93.